The van der Waals surface area contributed by atoms with E-state index in [-0.39, 0.29) is 35.2 Å². The number of rotatable bonds is 4. The van der Waals surface area contributed by atoms with Gasteiger partial charge in [-0.25, -0.2) is 4.79 Å². The van der Waals surface area contributed by atoms with E-state index in [0.29, 0.717) is 10.8 Å². The molecule has 0 fully saturated rings. The summed E-state index contributed by atoms with van der Waals surface area (Å²) in [5.74, 6) is -1.71. The SMILES string of the molecule is CCOC(=O)Cc1c(C(=O)O)c2ccc3ccccc3c(=O)c2n1C. The molecule has 3 aromatic rings. The van der Waals surface area contributed by atoms with E-state index in [1.165, 1.54) is 4.57 Å². The number of hydrogen-bond acceptors (Lipinski definition) is 4. The first kappa shape index (κ1) is 16.7. The van der Waals surface area contributed by atoms with Gasteiger partial charge in [-0.1, -0.05) is 36.4 Å². The van der Waals surface area contributed by atoms with Crippen molar-refractivity contribution in [2.24, 2.45) is 7.05 Å². The van der Waals surface area contributed by atoms with E-state index in [2.05, 4.69) is 0 Å². The molecule has 0 aliphatic heterocycles. The third-order valence-electron chi connectivity index (χ3n) is 4.23. The van der Waals surface area contributed by atoms with Crippen LogP contribution in [0.5, 0.6) is 0 Å². The number of carbonyl (C=O) groups is 2. The number of carboxylic acid groups (broad SMARTS) is 1. The van der Waals surface area contributed by atoms with Gasteiger partial charge in [-0.3, -0.25) is 9.59 Å². The van der Waals surface area contributed by atoms with Gasteiger partial charge in [0.25, 0.3) is 0 Å². The second-order valence-electron chi connectivity index (χ2n) is 5.68. The molecule has 0 atom stereocenters. The van der Waals surface area contributed by atoms with Gasteiger partial charge in [0.1, 0.15) is 0 Å². The molecule has 1 aromatic heterocycles. The molecule has 0 aliphatic rings. The van der Waals surface area contributed by atoms with E-state index in [1.807, 2.05) is 6.07 Å². The third-order valence-corrected chi connectivity index (χ3v) is 4.23. The fourth-order valence-corrected chi connectivity index (χ4v) is 3.14. The van der Waals surface area contributed by atoms with Gasteiger partial charge in [0.2, 0.25) is 5.43 Å². The maximum absolute atomic E-state index is 13.0. The lowest BCUT2D eigenvalue weighted by atomic mass is 10.1. The van der Waals surface area contributed by atoms with Crippen molar-refractivity contribution in [3.8, 4) is 0 Å². The third kappa shape index (κ3) is 2.76. The summed E-state index contributed by atoms with van der Waals surface area (Å²) in [6, 6.07) is 10.4. The normalized spacial score (nSPS) is 11.0. The molecule has 2 aromatic carbocycles. The number of benzene rings is 1. The second-order valence-corrected chi connectivity index (χ2v) is 5.68. The number of aromatic nitrogens is 1. The summed E-state index contributed by atoms with van der Waals surface area (Å²) in [7, 11) is 1.60. The topological polar surface area (TPSA) is 85.6 Å². The van der Waals surface area contributed by atoms with Crippen LogP contribution in [-0.2, 0) is 23.0 Å². The van der Waals surface area contributed by atoms with Crippen molar-refractivity contribution in [3.05, 3.63) is 57.9 Å². The molecule has 0 amide bonds. The first-order valence-corrected chi connectivity index (χ1v) is 7.88. The molecule has 6 nitrogen and oxygen atoms in total. The Balaban J connectivity index is 2.41. The molecule has 1 heterocycles. The van der Waals surface area contributed by atoms with E-state index in [0.717, 1.165) is 5.39 Å². The van der Waals surface area contributed by atoms with Crippen LogP contribution in [0.4, 0.5) is 0 Å². The van der Waals surface area contributed by atoms with Crippen LogP contribution in [0.15, 0.2) is 41.2 Å². The van der Waals surface area contributed by atoms with Crippen LogP contribution in [0.1, 0.15) is 23.0 Å². The minimum Gasteiger partial charge on any atom is -0.478 e. The zero-order valence-electron chi connectivity index (χ0n) is 13.9. The lowest BCUT2D eigenvalue weighted by molar-refractivity contribution is -0.142. The average Bonchev–Trinajstić information content (AvgIpc) is 2.75. The van der Waals surface area contributed by atoms with Crippen molar-refractivity contribution < 1.29 is 19.4 Å². The van der Waals surface area contributed by atoms with Crippen LogP contribution in [0.3, 0.4) is 0 Å². The summed E-state index contributed by atoms with van der Waals surface area (Å²) in [5, 5.41) is 11.2. The molecular formula is C19H17NO5. The molecule has 6 heteroatoms. The fraction of sp³-hybridized carbons (Fsp3) is 0.211. The number of fused-ring (bicyclic) bond motifs is 2. The Labute approximate surface area is 143 Å². The van der Waals surface area contributed by atoms with Gasteiger partial charge >= 0.3 is 11.9 Å². The quantitative estimate of drug-likeness (QED) is 0.738. The Kier molecular flexibility index (Phi) is 4.27. The minimum absolute atomic E-state index is 0.0389. The number of carboxylic acids is 1. The molecule has 0 unspecified atom stereocenters. The van der Waals surface area contributed by atoms with Gasteiger partial charge in [0.05, 0.1) is 24.1 Å². The molecule has 25 heavy (non-hydrogen) atoms. The van der Waals surface area contributed by atoms with Crippen LogP contribution >= 0.6 is 0 Å². The highest BCUT2D eigenvalue weighted by Crippen LogP contribution is 2.25. The largest absolute Gasteiger partial charge is 0.478 e. The molecule has 0 spiro atoms. The van der Waals surface area contributed by atoms with Crippen molar-refractivity contribution >= 4 is 33.6 Å². The number of ether oxygens (including phenoxy) is 1. The number of aryl methyl sites for hydroxylation is 1. The average molecular weight is 339 g/mol. The van der Waals surface area contributed by atoms with E-state index in [4.69, 9.17) is 4.74 Å². The lowest BCUT2D eigenvalue weighted by Gasteiger charge is -2.05. The zero-order chi connectivity index (χ0) is 18.1. The second kappa shape index (κ2) is 6.39. The Morgan fingerprint density at radius 1 is 1.12 bits per heavy atom. The van der Waals surface area contributed by atoms with Gasteiger partial charge in [-0.15, -0.1) is 0 Å². The molecule has 1 N–H and O–H groups in total. The number of nitrogens with zero attached hydrogens (tertiary/aromatic N) is 1. The highest BCUT2D eigenvalue weighted by Gasteiger charge is 2.24. The maximum Gasteiger partial charge on any atom is 0.338 e. The molecule has 0 saturated heterocycles. The monoisotopic (exact) mass is 339 g/mol. The molecular weight excluding hydrogens is 322 g/mol. The number of aromatic carboxylic acids is 1. The lowest BCUT2D eigenvalue weighted by Crippen LogP contribution is -2.14. The minimum atomic E-state index is -1.18. The summed E-state index contributed by atoms with van der Waals surface area (Å²) in [6.45, 7) is 1.89. The van der Waals surface area contributed by atoms with Gasteiger partial charge in [-0.05, 0) is 12.3 Å². The molecule has 128 valence electrons. The smallest absolute Gasteiger partial charge is 0.338 e. The van der Waals surface area contributed by atoms with Crippen LogP contribution in [-0.4, -0.2) is 28.2 Å². The predicted octanol–water partition coefficient (Wildman–Crippen LogP) is 2.50. The molecule has 0 saturated carbocycles. The molecule has 3 rings (SSSR count). The number of hydrogen-bond donors (Lipinski definition) is 1. The Bertz CT molecular complexity index is 1060. The first-order valence-electron chi connectivity index (χ1n) is 7.88. The highest BCUT2D eigenvalue weighted by molar-refractivity contribution is 6.07. The van der Waals surface area contributed by atoms with Crippen LogP contribution in [0, 0.1) is 0 Å². The van der Waals surface area contributed by atoms with Crippen LogP contribution in [0.25, 0.3) is 21.7 Å². The van der Waals surface area contributed by atoms with E-state index in [1.54, 1.807) is 44.3 Å². The maximum atomic E-state index is 13.0. The summed E-state index contributed by atoms with van der Waals surface area (Å²) in [5.41, 5.74) is 0.213. The summed E-state index contributed by atoms with van der Waals surface area (Å²) >= 11 is 0. The number of esters is 1. The summed E-state index contributed by atoms with van der Waals surface area (Å²) in [6.07, 6.45) is -0.207. The van der Waals surface area contributed by atoms with Crippen molar-refractivity contribution in [1.82, 2.24) is 4.57 Å². The summed E-state index contributed by atoms with van der Waals surface area (Å²) in [4.78, 5) is 36.7. The van der Waals surface area contributed by atoms with Gasteiger partial charge < -0.3 is 14.4 Å². The van der Waals surface area contributed by atoms with E-state index >= 15 is 0 Å². The molecule has 0 radical (unpaired) electrons. The van der Waals surface area contributed by atoms with Gasteiger partial charge in [-0.2, -0.15) is 0 Å². The predicted molar refractivity (Wildman–Crippen MR) is 94.0 cm³/mol. The van der Waals surface area contributed by atoms with Crippen molar-refractivity contribution in [3.63, 3.8) is 0 Å². The number of carbonyl (C=O) groups excluding carboxylic acids is 1. The Morgan fingerprint density at radius 3 is 2.52 bits per heavy atom. The fourth-order valence-electron chi connectivity index (χ4n) is 3.14. The first-order chi connectivity index (χ1) is 12.0. The van der Waals surface area contributed by atoms with Crippen molar-refractivity contribution in [2.75, 3.05) is 6.61 Å². The van der Waals surface area contributed by atoms with E-state index in [9.17, 15) is 19.5 Å². The van der Waals surface area contributed by atoms with Gasteiger partial charge in [0, 0.05) is 23.5 Å². The highest BCUT2D eigenvalue weighted by atomic mass is 16.5. The van der Waals surface area contributed by atoms with Gasteiger partial charge in [0.15, 0.2) is 0 Å². The summed E-state index contributed by atoms with van der Waals surface area (Å²) < 4.78 is 6.42. The zero-order valence-corrected chi connectivity index (χ0v) is 13.9. The standard InChI is InChI=1S/C19H17NO5/c1-3-25-15(21)10-14-16(19(23)24)13-9-8-11-6-4-5-7-12(11)18(22)17(13)20(14)2/h4-9H,3,10H2,1-2H3,(H,23,24). The Morgan fingerprint density at radius 2 is 1.84 bits per heavy atom. The Hall–Kier alpha value is -3.15. The van der Waals surface area contributed by atoms with Crippen molar-refractivity contribution in [1.29, 1.82) is 0 Å². The van der Waals surface area contributed by atoms with E-state index < -0.39 is 11.9 Å². The van der Waals surface area contributed by atoms with Crippen molar-refractivity contribution in [2.45, 2.75) is 13.3 Å². The molecule has 0 bridgehead atoms. The van der Waals surface area contributed by atoms with Crippen LogP contribution < -0.4 is 5.43 Å². The molecule has 0 aliphatic carbocycles. The van der Waals surface area contributed by atoms with Crippen LogP contribution in [0.2, 0.25) is 0 Å².